The third kappa shape index (κ3) is 3.46. The van der Waals surface area contributed by atoms with Crippen molar-refractivity contribution in [3.05, 3.63) is 35.9 Å². The first kappa shape index (κ1) is 18.5. The first-order valence-electron chi connectivity index (χ1n) is 11.2. The largest absolute Gasteiger partial charge is 0.489 e. The van der Waals surface area contributed by atoms with Gasteiger partial charge in [-0.1, -0.05) is 18.2 Å². The van der Waals surface area contributed by atoms with Gasteiger partial charge in [0.25, 0.3) is 0 Å². The topological polar surface area (TPSA) is 41.9 Å². The Bertz CT molecular complexity index is 737. The van der Waals surface area contributed by atoms with Gasteiger partial charge in [-0.3, -0.25) is 0 Å². The molecule has 4 nitrogen and oxygen atoms in total. The fourth-order valence-corrected chi connectivity index (χ4v) is 5.37. The molecule has 0 spiro atoms. The van der Waals surface area contributed by atoms with E-state index < -0.39 is 0 Å². The highest BCUT2D eigenvalue weighted by Crippen LogP contribution is 2.47. The summed E-state index contributed by atoms with van der Waals surface area (Å²) in [4.78, 5) is 2.40. The Labute approximate surface area is 168 Å². The zero-order valence-electron chi connectivity index (χ0n) is 17.0. The second-order valence-corrected chi connectivity index (χ2v) is 9.39. The van der Waals surface area contributed by atoms with Crippen molar-refractivity contribution in [3.63, 3.8) is 0 Å². The SMILES string of the molecule is CN1CC[C@]2(c3ccc(OCC4CC4)c(OC4CCCC4)c3)C=C[C@H](O)C[C@H]12. The van der Waals surface area contributed by atoms with Crippen molar-refractivity contribution in [2.45, 2.75) is 75.0 Å². The van der Waals surface area contributed by atoms with E-state index in [9.17, 15) is 5.11 Å². The monoisotopic (exact) mass is 383 g/mol. The predicted octanol–water partition coefficient (Wildman–Crippen LogP) is 4.06. The quantitative estimate of drug-likeness (QED) is 0.752. The fourth-order valence-electron chi connectivity index (χ4n) is 5.37. The molecule has 5 rings (SSSR count). The molecule has 0 amide bonds. The van der Waals surface area contributed by atoms with Crippen LogP contribution in [0.2, 0.25) is 0 Å². The molecule has 1 aliphatic heterocycles. The molecule has 3 atom stereocenters. The molecule has 4 aliphatic rings. The average molecular weight is 384 g/mol. The van der Waals surface area contributed by atoms with Crippen LogP contribution in [-0.2, 0) is 5.41 Å². The number of fused-ring (bicyclic) bond motifs is 1. The van der Waals surface area contributed by atoms with Crippen LogP contribution in [0.4, 0.5) is 0 Å². The third-order valence-electron chi connectivity index (χ3n) is 7.33. The molecule has 152 valence electrons. The van der Waals surface area contributed by atoms with Crippen LogP contribution in [0.25, 0.3) is 0 Å². The second-order valence-electron chi connectivity index (χ2n) is 9.39. The van der Waals surface area contributed by atoms with Gasteiger partial charge in [0.05, 0.1) is 18.8 Å². The van der Waals surface area contributed by atoms with Crippen LogP contribution in [0.3, 0.4) is 0 Å². The molecule has 2 saturated carbocycles. The van der Waals surface area contributed by atoms with Gasteiger partial charge in [0.2, 0.25) is 0 Å². The number of hydrogen-bond acceptors (Lipinski definition) is 4. The Morgan fingerprint density at radius 1 is 1.14 bits per heavy atom. The van der Waals surface area contributed by atoms with E-state index in [0.29, 0.717) is 12.1 Å². The highest BCUT2D eigenvalue weighted by Gasteiger charge is 2.48. The number of likely N-dealkylation sites (tertiary alicyclic amines) is 1. The number of aliphatic hydroxyl groups excluding tert-OH is 1. The minimum Gasteiger partial charge on any atom is -0.489 e. The zero-order valence-corrected chi connectivity index (χ0v) is 17.0. The maximum atomic E-state index is 10.2. The average Bonchev–Trinajstić information content (AvgIpc) is 3.28. The van der Waals surface area contributed by atoms with Gasteiger partial charge in [-0.05, 0) is 88.6 Å². The van der Waals surface area contributed by atoms with Gasteiger partial charge in [-0.2, -0.15) is 0 Å². The van der Waals surface area contributed by atoms with Crippen LogP contribution in [0, 0.1) is 5.92 Å². The lowest BCUT2D eigenvalue weighted by molar-refractivity contribution is 0.137. The maximum absolute atomic E-state index is 10.2. The van der Waals surface area contributed by atoms with E-state index in [1.54, 1.807) is 0 Å². The molecule has 1 heterocycles. The first-order chi connectivity index (χ1) is 13.6. The van der Waals surface area contributed by atoms with Gasteiger partial charge in [0.15, 0.2) is 11.5 Å². The maximum Gasteiger partial charge on any atom is 0.161 e. The Balaban J connectivity index is 1.47. The lowest BCUT2D eigenvalue weighted by Crippen LogP contribution is -2.44. The first-order valence-corrected chi connectivity index (χ1v) is 11.2. The van der Waals surface area contributed by atoms with E-state index in [1.807, 2.05) is 6.08 Å². The summed E-state index contributed by atoms with van der Waals surface area (Å²) in [7, 11) is 2.18. The Morgan fingerprint density at radius 2 is 1.96 bits per heavy atom. The molecule has 0 radical (unpaired) electrons. The Hall–Kier alpha value is -1.52. The van der Waals surface area contributed by atoms with E-state index in [4.69, 9.17) is 9.47 Å². The van der Waals surface area contributed by atoms with Crippen LogP contribution in [0.15, 0.2) is 30.4 Å². The third-order valence-corrected chi connectivity index (χ3v) is 7.33. The molecule has 28 heavy (non-hydrogen) atoms. The molecule has 1 aromatic carbocycles. The van der Waals surface area contributed by atoms with E-state index >= 15 is 0 Å². The number of benzene rings is 1. The van der Waals surface area contributed by atoms with Crippen molar-refractivity contribution in [1.82, 2.24) is 4.90 Å². The van der Waals surface area contributed by atoms with Gasteiger partial charge in [-0.15, -0.1) is 0 Å². The summed E-state index contributed by atoms with van der Waals surface area (Å²) in [6.07, 6.45) is 13.5. The van der Waals surface area contributed by atoms with Crippen molar-refractivity contribution in [1.29, 1.82) is 0 Å². The zero-order chi connectivity index (χ0) is 19.1. The summed E-state index contributed by atoms with van der Waals surface area (Å²) in [5, 5.41) is 10.2. The number of likely N-dealkylation sites (N-methyl/N-ethyl adjacent to an activating group) is 1. The van der Waals surface area contributed by atoms with E-state index in [1.165, 1.54) is 31.2 Å². The Kier molecular flexibility index (Phi) is 4.88. The molecule has 1 N–H and O–H groups in total. The lowest BCUT2D eigenvalue weighted by Gasteiger charge is -2.39. The van der Waals surface area contributed by atoms with Gasteiger partial charge < -0.3 is 19.5 Å². The van der Waals surface area contributed by atoms with Crippen LogP contribution in [0.1, 0.15) is 56.9 Å². The Morgan fingerprint density at radius 3 is 2.75 bits per heavy atom. The number of aliphatic hydroxyl groups is 1. The van der Waals surface area contributed by atoms with Crippen LogP contribution in [-0.4, -0.2) is 48.5 Å². The summed E-state index contributed by atoms with van der Waals surface area (Å²) in [6, 6.07) is 6.95. The van der Waals surface area contributed by atoms with E-state index in [2.05, 4.69) is 36.2 Å². The van der Waals surface area contributed by atoms with Crippen LogP contribution >= 0.6 is 0 Å². The van der Waals surface area contributed by atoms with Crippen molar-refractivity contribution in [3.8, 4) is 11.5 Å². The number of nitrogens with zero attached hydrogens (tertiary/aromatic N) is 1. The highest BCUT2D eigenvalue weighted by molar-refractivity contribution is 5.49. The van der Waals surface area contributed by atoms with Gasteiger partial charge in [0, 0.05) is 11.5 Å². The standard InChI is InChI=1S/C24H33NO3/c1-25-13-12-24(11-10-19(26)15-23(24)25)18-8-9-21(27-16-17-6-7-17)22(14-18)28-20-4-2-3-5-20/h8-11,14,17,19-20,23,26H,2-7,12-13,15-16H2,1H3/t19-,23-,24-/m0/s1. The minimum absolute atomic E-state index is 0.0310. The molecule has 1 aromatic rings. The summed E-state index contributed by atoms with van der Waals surface area (Å²) >= 11 is 0. The second kappa shape index (κ2) is 7.38. The lowest BCUT2D eigenvalue weighted by atomic mass is 9.69. The summed E-state index contributed by atoms with van der Waals surface area (Å²) in [5.41, 5.74) is 1.27. The molecule has 3 aliphatic carbocycles. The minimum atomic E-state index is -0.339. The predicted molar refractivity (Wildman–Crippen MR) is 110 cm³/mol. The number of ether oxygens (including phenoxy) is 2. The highest BCUT2D eigenvalue weighted by atomic mass is 16.5. The van der Waals surface area contributed by atoms with Gasteiger partial charge in [-0.25, -0.2) is 0 Å². The summed E-state index contributed by atoms with van der Waals surface area (Å²) in [6.45, 7) is 1.86. The van der Waals surface area contributed by atoms with Crippen LogP contribution in [0.5, 0.6) is 11.5 Å². The molecule has 0 bridgehead atoms. The van der Waals surface area contributed by atoms with E-state index in [0.717, 1.165) is 56.3 Å². The molecule has 4 heteroatoms. The van der Waals surface area contributed by atoms with Gasteiger partial charge in [0.1, 0.15) is 0 Å². The number of rotatable bonds is 6. The van der Waals surface area contributed by atoms with E-state index in [-0.39, 0.29) is 11.5 Å². The van der Waals surface area contributed by atoms with Crippen molar-refractivity contribution < 1.29 is 14.6 Å². The fraction of sp³-hybridized carbons (Fsp3) is 0.667. The molecular weight excluding hydrogens is 350 g/mol. The number of hydrogen-bond donors (Lipinski definition) is 1. The normalized spacial score (nSPS) is 33.2. The molecule has 3 fully saturated rings. The van der Waals surface area contributed by atoms with Crippen molar-refractivity contribution in [2.24, 2.45) is 5.92 Å². The summed E-state index contributed by atoms with van der Waals surface area (Å²) in [5.74, 6) is 2.56. The van der Waals surface area contributed by atoms with Crippen molar-refractivity contribution in [2.75, 3.05) is 20.2 Å². The summed E-state index contributed by atoms with van der Waals surface area (Å²) < 4.78 is 12.6. The van der Waals surface area contributed by atoms with Crippen LogP contribution < -0.4 is 9.47 Å². The molecule has 0 aromatic heterocycles. The van der Waals surface area contributed by atoms with Crippen molar-refractivity contribution >= 4 is 0 Å². The molecule has 0 unspecified atom stereocenters. The van der Waals surface area contributed by atoms with Gasteiger partial charge >= 0.3 is 0 Å². The molecule has 1 saturated heterocycles. The smallest absolute Gasteiger partial charge is 0.161 e. The molecular formula is C24H33NO3.